The molecule has 8 aromatic rings. The minimum absolute atomic E-state index is 0.00118. The Balaban J connectivity index is 1.28. The first-order valence-electron chi connectivity index (χ1n) is 20.8. The van der Waals surface area contributed by atoms with Crippen LogP contribution in [-0.2, 0) is 22.1 Å². The van der Waals surface area contributed by atoms with E-state index in [9.17, 15) is 10.2 Å². The molecule has 316 valence electrons. The number of benzene rings is 6. The van der Waals surface area contributed by atoms with Gasteiger partial charge in [0.2, 0.25) is 0 Å². The number of hydrogen-bond donors (Lipinski definition) is 2. The first-order valence-corrected chi connectivity index (χ1v) is 24.5. The Labute approximate surface area is 374 Å². The van der Waals surface area contributed by atoms with Crippen LogP contribution in [0.15, 0.2) is 192 Å². The molecule has 9 rings (SSSR count). The Kier molecular flexibility index (Phi) is 12.1. The molecule has 0 saturated carbocycles. The maximum absolute atomic E-state index is 11.7. The summed E-state index contributed by atoms with van der Waals surface area (Å²) in [4.78, 5) is 19.1. The quantitative estimate of drug-likeness (QED) is 0.170. The molecule has 64 heavy (non-hydrogen) atoms. The third-order valence-corrected chi connectivity index (χ3v) is 17.6. The lowest BCUT2D eigenvalue weighted by Gasteiger charge is -2.33. The molecule has 1 aliphatic rings. The van der Waals surface area contributed by atoms with E-state index in [2.05, 4.69) is 9.97 Å². The molecule has 0 aliphatic carbocycles. The van der Waals surface area contributed by atoms with Crippen LogP contribution in [0.25, 0.3) is 0 Å². The second-order valence-electron chi connectivity index (χ2n) is 15.2. The van der Waals surface area contributed by atoms with Gasteiger partial charge in [0, 0.05) is 67.8 Å². The molecule has 0 radical (unpaired) electrons. The number of pyridine rings is 2. The van der Waals surface area contributed by atoms with Crippen molar-refractivity contribution in [2.24, 2.45) is 9.98 Å². The first-order chi connectivity index (χ1) is 31.3. The second kappa shape index (κ2) is 18.5. The fraction of sp³-hybridized carbons (Fsp3) is 0.0769. The Morgan fingerprint density at radius 1 is 0.422 bits per heavy atom. The molecule has 3 heterocycles. The van der Waals surface area contributed by atoms with E-state index in [1.54, 1.807) is 38.7 Å². The molecule has 12 heteroatoms. The zero-order valence-corrected chi connectivity index (χ0v) is 37.2. The van der Waals surface area contributed by atoms with Crippen LogP contribution in [0.5, 0.6) is 23.0 Å². The summed E-state index contributed by atoms with van der Waals surface area (Å²) >= 11 is 0. The van der Waals surface area contributed by atoms with E-state index >= 15 is 0 Å². The summed E-state index contributed by atoms with van der Waals surface area (Å²) in [6.45, 7) is 3.50. The monoisotopic (exact) mass is 876 g/mol. The maximum atomic E-state index is 11.7. The van der Waals surface area contributed by atoms with Gasteiger partial charge in [-0.3, -0.25) is 20.0 Å². The smallest absolute Gasteiger partial charge is 0.469 e. The number of aryl methyl sites for hydroxylation is 2. The van der Waals surface area contributed by atoms with Gasteiger partial charge in [-0.25, -0.2) is 0 Å². The highest BCUT2D eigenvalue weighted by atomic mass is 28.4. The van der Waals surface area contributed by atoms with E-state index in [0.717, 1.165) is 20.7 Å². The number of aromatic hydroxyl groups is 2. The van der Waals surface area contributed by atoms with Crippen LogP contribution in [0, 0.1) is 13.8 Å². The van der Waals surface area contributed by atoms with E-state index in [1.165, 1.54) is 0 Å². The molecule has 6 aromatic carbocycles. The molecule has 0 unspecified atom stereocenters. The van der Waals surface area contributed by atoms with Gasteiger partial charge >= 0.3 is 17.1 Å². The van der Waals surface area contributed by atoms with Crippen LogP contribution in [0.3, 0.4) is 0 Å². The van der Waals surface area contributed by atoms with Crippen molar-refractivity contribution < 1.29 is 27.9 Å². The topological polar surface area (TPSA) is 128 Å². The van der Waals surface area contributed by atoms with E-state index in [0.29, 0.717) is 56.5 Å². The minimum atomic E-state index is -3.70. The fourth-order valence-electron chi connectivity index (χ4n) is 7.65. The SMILES string of the molecule is Cc1ncc2c(c1O)C=Nc1ccccc1O[Si](c1ccccc1)(c1ccccc1)OCc1cnc(C)c(O)c1C=Nc1ccccc1O[Si](c1ccccc1)(c1ccccc1)OC2. The Bertz CT molecular complexity index is 2680. The lowest BCUT2D eigenvalue weighted by Crippen LogP contribution is -2.65. The Morgan fingerprint density at radius 2 is 0.734 bits per heavy atom. The van der Waals surface area contributed by atoms with Crippen molar-refractivity contribution in [3.8, 4) is 23.0 Å². The summed E-state index contributed by atoms with van der Waals surface area (Å²) in [6.07, 6.45) is 6.67. The molecule has 0 spiro atoms. The van der Waals surface area contributed by atoms with Crippen molar-refractivity contribution >= 4 is 61.7 Å². The highest BCUT2D eigenvalue weighted by Crippen LogP contribution is 2.35. The highest BCUT2D eigenvalue weighted by molar-refractivity contribution is 6.93. The molecule has 0 amide bonds. The minimum Gasteiger partial charge on any atom is -0.512 e. The van der Waals surface area contributed by atoms with Gasteiger partial charge in [-0.05, 0) is 38.1 Å². The third-order valence-electron chi connectivity index (χ3n) is 11.1. The number of aliphatic imine (C=N–C) groups is 2. The molecule has 10 nitrogen and oxygen atoms in total. The third kappa shape index (κ3) is 8.38. The summed E-state index contributed by atoms with van der Waals surface area (Å²) in [5.41, 5.74) is 3.95. The van der Waals surface area contributed by atoms with Crippen LogP contribution < -0.4 is 29.6 Å². The first kappa shape index (κ1) is 41.8. The second-order valence-corrected chi connectivity index (χ2v) is 21.0. The summed E-state index contributed by atoms with van der Waals surface area (Å²) in [6, 6.07) is 54.6. The van der Waals surface area contributed by atoms with Crippen LogP contribution in [0.4, 0.5) is 11.4 Å². The van der Waals surface area contributed by atoms with Crippen molar-refractivity contribution in [1.82, 2.24) is 9.97 Å². The van der Waals surface area contributed by atoms with E-state index in [4.69, 9.17) is 27.7 Å². The predicted octanol–water partition coefficient (Wildman–Crippen LogP) is 8.02. The summed E-state index contributed by atoms with van der Waals surface area (Å²) in [5.74, 6) is 0.881. The average Bonchev–Trinajstić information content (AvgIpc) is 3.34. The van der Waals surface area contributed by atoms with Crippen molar-refractivity contribution in [2.75, 3.05) is 0 Å². The molecule has 0 saturated heterocycles. The van der Waals surface area contributed by atoms with Crippen molar-refractivity contribution in [3.05, 3.63) is 216 Å². The summed E-state index contributed by atoms with van der Waals surface area (Å²) < 4.78 is 29.0. The van der Waals surface area contributed by atoms with Crippen LogP contribution >= 0.6 is 0 Å². The van der Waals surface area contributed by atoms with E-state index < -0.39 is 17.1 Å². The number of nitrogens with zero attached hydrogens (tertiary/aromatic N) is 4. The van der Waals surface area contributed by atoms with E-state index in [-0.39, 0.29) is 24.7 Å². The van der Waals surface area contributed by atoms with Crippen LogP contribution in [0.1, 0.15) is 33.6 Å². The highest BCUT2D eigenvalue weighted by Gasteiger charge is 2.47. The van der Waals surface area contributed by atoms with Gasteiger partial charge < -0.3 is 27.9 Å². The predicted molar refractivity (Wildman–Crippen MR) is 255 cm³/mol. The molecule has 0 bridgehead atoms. The zero-order valence-electron chi connectivity index (χ0n) is 35.2. The normalized spacial score (nSPS) is 14.7. The van der Waals surface area contributed by atoms with E-state index in [1.807, 2.05) is 170 Å². The molecule has 0 fully saturated rings. The zero-order chi connectivity index (χ0) is 43.9. The Hall–Kier alpha value is -7.49. The van der Waals surface area contributed by atoms with Crippen molar-refractivity contribution in [3.63, 3.8) is 0 Å². The van der Waals surface area contributed by atoms with Crippen LogP contribution in [-0.4, -0.2) is 49.7 Å². The number of rotatable bonds is 4. The average molecular weight is 877 g/mol. The van der Waals surface area contributed by atoms with Gasteiger partial charge in [0.1, 0.15) is 34.4 Å². The van der Waals surface area contributed by atoms with Gasteiger partial charge in [0.25, 0.3) is 0 Å². The fourth-order valence-corrected chi connectivity index (χ4v) is 13.8. The van der Waals surface area contributed by atoms with Crippen molar-refractivity contribution in [1.29, 1.82) is 0 Å². The summed E-state index contributed by atoms with van der Waals surface area (Å²) in [7, 11) is -7.40. The number of aromatic nitrogens is 2. The molecule has 2 aromatic heterocycles. The largest absolute Gasteiger partial charge is 0.512 e. The number of fused-ring (bicyclic) bond motifs is 4. The summed E-state index contributed by atoms with van der Waals surface area (Å²) in [5, 5.41) is 26.8. The van der Waals surface area contributed by atoms with Gasteiger partial charge in [-0.15, -0.1) is 0 Å². The van der Waals surface area contributed by atoms with Gasteiger partial charge in [0.15, 0.2) is 0 Å². The molecule has 2 N–H and O–H groups in total. The molecule has 0 atom stereocenters. The lowest BCUT2D eigenvalue weighted by atomic mass is 10.1. The standard InChI is InChI=1S/C52H44N4O6Si2/c1-37-51(57)45-33-55-47-27-15-17-29-49(47)61-64(43-23-11-5-12-24-43,44-25-13-6-14-26-44)60-36-40-32-54-38(2)52(58)46(40)34-56-48-28-16-18-30-50(48)62-63(41-19-7-3-8-20-41,42-21-9-4-10-22-42)59-35-39(45)31-53-37/h3-34,57-58H,35-36H2,1-2H3. The van der Waals surface area contributed by atoms with Crippen LogP contribution in [0.2, 0.25) is 0 Å². The van der Waals surface area contributed by atoms with Gasteiger partial charge in [-0.2, -0.15) is 0 Å². The van der Waals surface area contributed by atoms with Gasteiger partial charge in [-0.1, -0.05) is 146 Å². The lowest BCUT2D eigenvalue weighted by molar-refractivity contribution is 0.248. The molecular formula is C52H44N4O6Si2. The number of para-hydroxylation sites is 4. The molecule has 1 aliphatic heterocycles. The van der Waals surface area contributed by atoms with Gasteiger partial charge in [0.05, 0.1) is 24.6 Å². The number of hydrogen-bond acceptors (Lipinski definition) is 10. The Morgan fingerprint density at radius 3 is 1.08 bits per heavy atom. The molecular weight excluding hydrogens is 833 g/mol. The maximum Gasteiger partial charge on any atom is 0.469 e. The van der Waals surface area contributed by atoms with Crippen molar-refractivity contribution in [2.45, 2.75) is 27.1 Å².